The summed E-state index contributed by atoms with van der Waals surface area (Å²) in [5.74, 6) is 3.13. The highest BCUT2D eigenvalue weighted by Crippen LogP contribution is 2.41. The van der Waals surface area contributed by atoms with Crippen LogP contribution in [0.25, 0.3) is 0 Å². The van der Waals surface area contributed by atoms with E-state index in [-0.39, 0.29) is 5.41 Å². The summed E-state index contributed by atoms with van der Waals surface area (Å²) in [4.78, 5) is 0. The molecule has 1 heteroatoms. The second-order valence-electron chi connectivity index (χ2n) is 6.28. The molecular formula is C22H26O. The Kier molecular flexibility index (Phi) is 5.16. The maximum atomic E-state index is 10.0. The molecule has 1 N–H and O–H groups in total. The number of aryl methyl sites for hydroxylation is 1. The van der Waals surface area contributed by atoms with Crippen molar-refractivity contribution in [2.75, 3.05) is 0 Å². The van der Waals surface area contributed by atoms with Gasteiger partial charge in [-0.25, -0.2) is 0 Å². The average Bonchev–Trinajstić information content (AvgIpc) is 2.72. The van der Waals surface area contributed by atoms with Gasteiger partial charge in [0.25, 0.3) is 0 Å². The van der Waals surface area contributed by atoms with Crippen LogP contribution in [0.2, 0.25) is 0 Å². The predicted molar refractivity (Wildman–Crippen MR) is 98.5 cm³/mol. The van der Waals surface area contributed by atoms with Crippen LogP contribution in [0, 0.1) is 19.3 Å². The van der Waals surface area contributed by atoms with Crippen LogP contribution in [-0.2, 0) is 5.41 Å². The van der Waals surface area contributed by atoms with Crippen molar-refractivity contribution in [2.24, 2.45) is 0 Å². The van der Waals surface area contributed by atoms with Crippen LogP contribution in [0.1, 0.15) is 56.7 Å². The molecule has 0 fully saturated rings. The zero-order valence-electron chi connectivity index (χ0n) is 14.6. The molecule has 0 amide bonds. The van der Waals surface area contributed by atoms with Crippen molar-refractivity contribution in [1.29, 1.82) is 0 Å². The van der Waals surface area contributed by atoms with Crippen molar-refractivity contribution in [3.05, 3.63) is 70.0 Å². The van der Waals surface area contributed by atoms with Gasteiger partial charge in [0.15, 0.2) is 0 Å². The van der Waals surface area contributed by atoms with Crippen molar-refractivity contribution in [2.45, 2.75) is 52.4 Å². The molecule has 0 atom stereocenters. The standard InChI is InChI=1S/C22H26O/c1-6-18-12-13-20(14-16(18)4)22(7-2,8-3)19-10-9-11-21(23)17(5)15-19/h1,10-15,23H,7-9H2,2-5H3. The van der Waals surface area contributed by atoms with Crippen molar-refractivity contribution in [1.82, 2.24) is 0 Å². The third kappa shape index (κ3) is 3.13. The first-order chi connectivity index (χ1) is 11.0. The van der Waals surface area contributed by atoms with E-state index in [1.54, 1.807) is 0 Å². The van der Waals surface area contributed by atoms with Crippen LogP contribution in [0.4, 0.5) is 0 Å². The molecule has 0 heterocycles. The minimum atomic E-state index is -0.0440. The number of hydrogen-bond acceptors (Lipinski definition) is 1. The van der Waals surface area contributed by atoms with Gasteiger partial charge in [-0.3, -0.25) is 0 Å². The minimum Gasteiger partial charge on any atom is -0.508 e. The Bertz CT molecular complexity index is 719. The average molecular weight is 306 g/mol. The third-order valence-electron chi connectivity index (χ3n) is 5.12. The quantitative estimate of drug-likeness (QED) is 0.702. The van der Waals surface area contributed by atoms with Crippen molar-refractivity contribution < 1.29 is 5.11 Å². The van der Waals surface area contributed by atoms with Crippen molar-refractivity contribution in [3.63, 3.8) is 0 Å². The highest BCUT2D eigenvalue weighted by atomic mass is 16.3. The topological polar surface area (TPSA) is 20.2 Å². The maximum absolute atomic E-state index is 10.0. The van der Waals surface area contributed by atoms with E-state index in [1.165, 1.54) is 11.1 Å². The molecule has 0 spiro atoms. The Balaban J connectivity index is 2.59. The molecule has 0 unspecified atom stereocenters. The van der Waals surface area contributed by atoms with Gasteiger partial charge in [-0.15, -0.1) is 6.42 Å². The lowest BCUT2D eigenvalue weighted by Crippen LogP contribution is -2.27. The van der Waals surface area contributed by atoms with Gasteiger partial charge >= 0.3 is 0 Å². The van der Waals surface area contributed by atoms with Crippen molar-refractivity contribution in [3.8, 4) is 12.3 Å². The number of allylic oxidation sites excluding steroid dienone is 5. The minimum absolute atomic E-state index is 0.0440. The summed E-state index contributed by atoms with van der Waals surface area (Å²) >= 11 is 0. The van der Waals surface area contributed by atoms with E-state index < -0.39 is 0 Å². The first-order valence-corrected chi connectivity index (χ1v) is 8.34. The molecular weight excluding hydrogens is 280 g/mol. The third-order valence-corrected chi connectivity index (χ3v) is 5.12. The van der Waals surface area contributed by atoms with Gasteiger partial charge in [-0.1, -0.05) is 44.1 Å². The maximum Gasteiger partial charge on any atom is 0.114 e. The molecule has 1 aliphatic rings. The Morgan fingerprint density at radius 2 is 1.87 bits per heavy atom. The first kappa shape index (κ1) is 17.2. The number of hydrogen-bond donors (Lipinski definition) is 1. The van der Waals surface area contributed by atoms with Crippen molar-refractivity contribution >= 4 is 0 Å². The number of terminal acetylenes is 1. The molecule has 1 nitrogen and oxygen atoms in total. The zero-order valence-corrected chi connectivity index (χ0v) is 14.6. The largest absolute Gasteiger partial charge is 0.508 e. The molecule has 0 aliphatic heterocycles. The monoisotopic (exact) mass is 306 g/mol. The predicted octanol–water partition coefficient (Wildman–Crippen LogP) is 5.75. The Hall–Kier alpha value is -2.20. The normalized spacial score (nSPS) is 15.2. The lowest BCUT2D eigenvalue weighted by molar-refractivity contribution is 0.421. The van der Waals surface area contributed by atoms with Gasteiger partial charge < -0.3 is 5.11 Å². The van der Waals surface area contributed by atoms with Gasteiger partial charge in [0.2, 0.25) is 0 Å². The molecule has 0 bridgehead atoms. The van der Waals surface area contributed by atoms with Gasteiger partial charge in [0.05, 0.1) is 0 Å². The van der Waals surface area contributed by atoms with E-state index in [9.17, 15) is 5.11 Å². The molecule has 0 radical (unpaired) electrons. The molecule has 23 heavy (non-hydrogen) atoms. The molecule has 1 aromatic rings. The summed E-state index contributed by atoms with van der Waals surface area (Å²) in [7, 11) is 0. The van der Waals surface area contributed by atoms with E-state index >= 15 is 0 Å². The van der Waals surface area contributed by atoms with Crippen LogP contribution in [-0.4, -0.2) is 5.11 Å². The smallest absolute Gasteiger partial charge is 0.114 e. The molecule has 1 aromatic carbocycles. The second-order valence-corrected chi connectivity index (χ2v) is 6.28. The number of aliphatic hydroxyl groups excluding tert-OH is 1. The number of aliphatic hydroxyl groups is 1. The van der Waals surface area contributed by atoms with E-state index in [0.717, 1.165) is 36.0 Å². The van der Waals surface area contributed by atoms with E-state index in [4.69, 9.17) is 6.42 Å². The second kappa shape index (κ2) is 6.92. The number of rotatable bonds is 4. The fourth-order valence-electron chi connectivity index (χ4n) is 3.51. The summed E-state index contributed by atoms with van der Waals surface area (Å²) < 4.78 is 0. The fourth-order valence-corrected chi connectivity index (χ4v) is 3.51. The SMILES string of the molecule is C#Cc1ccc(C(CC)(CC)C2=CCC=C(O)C(C)=C2)cc1C. The van der Waals surface area contributed by atoms with Crippen LogP contribution < -0.4 is 0 Å². The Morgan fingerprint density at radius 1 is 1.17 bits per heavy atom. The molecule has 0 aromatic heterocycles. The van der Waals surface area contributed by atoms with E-state index in [1.807, 2.05) is 19.1 Å². The Morgan fingerprint density at radius 3 is 2.43 bits per heavy atom. The summed E-state index contributed by atoms with van der Waals surface area (Å²) in [6.07, 6.45) is 14.6. The summed E-state index contributed by atoms with van der Waals surface area (Å²) in [5.41, 5.74) is 5.57. The van der Waals surface area contributed by atoms with E-state index in [0.29, 0.717) is 5.76 Å². The summed E-state index contributed by atoms with van der Waals surface area (Å²) in [5, 5.41) is 10.0. The molecule has 120 valence electrons. The highest BCUT2D eigenvalue weighted by molar-refractivity contribution is 5.50. The van der Waals surface area contributed by atoms with Gasteiger partial charge in [-0.2, -0.15) is 0 Å². The Labute approximate surface area is 140 Å². The molecule has 0 saturated carbocycles. The van der Waals surface area contributed by atoms with E-state index in [2.05, 4.69) is 51.0 Å². The zero-order chi connectivity index (χ0) is 17.0. The van der Waals surface area contributed by atoms with Gasteiger partial charge in [0.1, 0.15) is 5.76 Å². The van der Waals surface area contributed by atoms with Gasteiger partial charge in [-0.05, 0) is 67.5 Å². The molecule has 1 aliphatic carbocycles. The van der Waals surface area contributed by atoms with Crippen LogP contribution >= 0.6 is 0 Å². The van der Waals surface area contributed by atoms with Gasteiger partial charge in [0, 0.05) is 11.0 Å². The summed E-state index contributed by atoms with van der Waals surface area (Å²) in [6.45, 7) is 8.50. The molecule has 0 saturated heterocycles. The highest BCUT2D eigenvalue weighted by Gasteiger charge is 2.32. The summed E-state index contributed by atoms with van der Waals surface area (Å²) in [6, 6.07) is 6.44. The lowest BCUT2D eigenvalue weighted by Gasteiger charge is -2.35. The van der Waals surface area contributed by atoms with Crippen LogP contribution in [0.15, 0.2) is 53.3 Å². The van der Waals surface area contributed by atoms with Crippen LogP contribution in [0.5, 0.6) is 0 Å². The molecule has 2 rings (SSSR count). The number of benzene rings is 1. The van der Waals surface area contributed by atoms with Crippen LogP contribution in [0.3, 0.4) is 0 Å². The lowest BCUT2D eigenvalue weighted by atomic mass is 9.69. The fraction of sp³-hybridized carbons (Fsp3) is 0.364. The first-order valence-electron chi connectivity index (χ1n) is 8.34.